The lowest BCUT2D eigenvalue weighted by Gasteiger charge is -2.20. The Balaban J connectivity index is 2.02. The average molecular weight is 212 g/mol. The highest BCUT2D eigenvalue weighted by Gasteiger charge is 2.28. The van der Waals surface area contributed by atoms with E-state index < -0.39 is 5.25 Å². The molecule has 7 nitrogen and oxygen atoms in total. The van der Waals surface area contributed by atoms with Gasteiger partial charge < -0.3 is 0 Å². The molecule has 2 rings (SSSR count). The summed E-state index contributed by atoms with van der Waals surface area (Å²) < 4.78 is 0. The first-order valence-corrected chi connectivity index (χ1v) is 4.67. The molecular weight excluding hydrogens is 206 g/mol. The molecule has 1 saturated heterocycles. The van der Waals surface area contributed by atoms with Gasteiger partial charge in [-0.2, -0.15) is 4.98 Å². The van der Waals surface area contributed by atoms with E-state index >= 15 is 0 Å². The van der Waals surface area contributed by atoms with Gasteiger partial charge in [0.15, 0.2) is 5.16 Å². The molecule has 1 aromatic heterocycles. The van der Waals surface area contributed by atoms with Crippen molar-refractivity contribution in [3.8, 4) is 0 Å². The number of rotatable bonds is 2. The summed E-state index contributed by atoms with van der Waals surface area (Å²) in [5, 5.41) is 6.08. The molecular formula is C6H6N5O2S. The third-order valence-electron chi connectivity index (χ3n) is 1.60. The van der Waals surface area contributed by atoms with E-state index in [1.807, 2.05) is 0 Å². The lowest BCUT2D eigenvalue weighted by molar-refractivity contribution is -0.133. The maximum absolute atomic E-state index is 11.2. The topological polar surface area (TPSA) is 99.8 Å². The highest BCUT2D eigenvalue weighted by atomic mass is 32.2. The molecule has 14 heavy (non-hydrogen) atoms. The van der Waals surface area contributed by atoms with Crippen LogP contribution in [0.2, 0.25) is 0 Å². The van der Waals surface area contributed by atoms with Gasteiger partial charge in [-0.05, 0) is 0 Å². The highest BCUT2D eigenvalue weighted by Crippen LogP contribution is 2.22. The van der Waals surface area contributed by atoms with Crippen molar-refractivity contribution >= 4 is 23.6 Å². The standard InChI is InChI=1S/C6H6N5O2S/c12-4-1-3(5(13)10-9-4)14-6-7-2-8-11-6/h3H,1H2,(H,9,12)(H,10,13)(H,7,8,11). The molecule has 8 heteroatoms. The number of hydrazine groups is 1. The fourth-order valence-corrected chi connectivity index (χ4v) is 1.84. The van der Waals surface area contributed by atoms with E-state index in [0.29, 0.717) is 5.16 Å². The summed E-state index contributed by atoms with van der Waals surface area (Å²) in [5.41, 5.74) is 4.50. The maximum Gasteiger partial charge on any atom is 0.252 e. The molecule has 1 atom stereocenters. The number of hydrogen-bond acceptors (Lipinski definition) is 5. The number of aromatic amines is 1. The Bertz CT molecular complexity index is 351. The van der Waals surface area contributed by atoms with Gasteiger partial charge in [0.25, 0.3) is 5.91 Å². The molecule has 0 bridgehead atoms. The molecule has 1 unspecified atom stereocenters. The van der Waals surface area contributed by atoms with Gasteiger partial charge in [-0.1, -0.05) is 11.8 Å². The Morgan fingerprint density at radius 1 is 1.43 bits per heavy atom. The number of carbonyl (C=O) groups excluding carboxylic acids is 2. The highest BCUT2D eigenvalue weighted by molar-refractivity contribution is 8.00. The van der Waals surface area contributed by atoms with E-state index in [4.69, 9.17) is 0 Å². The van der Waals surface area contributed by atoms with Gasteiger partial charge in [0.1, 0.15) is 5.25 Å². The van der Waals surface area contributed by atoms with Crippen LogP contribution in [0.15, 0.2) is 5.16 Å². The number of carbonyl (C=O) groups is 2. The van der Waals surface area contributed by atoms with Crippen LogP contribution in [0.1, 0.15) is 6.42 Å². The number of hydrogen-bond donors (Lipinski definition) is 3. The van der Waals surface area contributed by atoms with Gasteiger partial charge in [0, 0.05) is 6.42 Å². The fraction of sp³-hybridized carbons (Fsp3) is 0.333. The number of thioether (sulfide) groups is 1. The van der Waals surface area contributed by atoms with Crippen LogP contribution < -0.4 is 10.9 Å². The minimum Gasteiger partial charge on any atom is -0.273 e. The zero-order valence-corrected chi connectivity index (χ0v) is 7.72. The first-order valence-electron chi connectivity index (χ1n) is 3.79. The Morgan fingerprint density at radius 2 is 2.29 bits per heavy atom. The van der Waals surface area contributed by atoms with E-state index in [1.54, 1.807) is 0 Å². The smallest absolute Gasteiger partial charge is 0.252 e. The second-order valence-electron chi connectivity index (χ2n) is 2.59. The number of H-pyrrole nitrogens is 1. The van der Waals surface area contributed by atoms with E-state index in [-0.39, 0.29) is 18.2 Å². The van der Waals surface area contributed by atoms with Crippen molar-refractivity contribution in [2.24, 2.45) is 0 Å². The van der Waals surface area contributed by atoms with Crippen molar-refractivity contribution in [1.82, 2.24) is 26.0 Å². The second-order valence-corrected chi connectivity index (χ2v) is 3.78. The van der Waals surface area contributed by atoms with Crippen LogP contribution in [0, 0.1) is 6.33 Å². The first-order chi connectivity index (χ1) is 6.75. The molecule has 0 aromatic carbocycles. The molecule has 0 spiro atoms. The minimum absolute atomic E-state index is 0.136. The number of amides is 2. The van der Waals surface area contributed by atoms with Crippen LogP contribution in [-0.4, -0.2) is 32.2 Å². The summed E-state index contributed by atoms with van der Waals surface area (Å²) in [4.78, 5) is 25.9. The van der Waals surface area contributed by atoms with Gasteiger partial charge in [-0.15, -0.1) is 5.10 Å². The number of nitrogens with zero attached hydrogens (tertiary/aromatic N) is 2. The van der Waals surface area contributed by atoms with Crippen molar-refractivity contribution < 1.29 is 9.59 Å². The van der Waals surface area contributed by atoms with Crippen LogP contribution >= 0.6 is 11.8 Å². The summed E-state index contributed by atoms with van der Waals surface area (Å²) in [6.07, 6.45) is 2.47. The van der Waals surface area contributed by atoms with Crippen molar-refractivity contribution in [3.05, 3.63) is 6.33 Å². The Kier molecular flexibility index (Phi) is 2.35. The molecule has 0 saturated carbocycles. The van der Waals surface area contributed by atoms with Gasteiger partial charge in [0.05, 0.1) is 0 Å². The van der Waals surface area contributed by atoms with Crippen molar-refractivity contribution in [2.75, 3.05) is 0 Å². The van der Waals surface area contributed by atoms with E-state index in [0.717, 1.165) is 11.8 Å². The van der Waals surface area contributed by atoms with E-state index in [9.17, 15) is 9.59 Å². The summed E-state index contributed by atoms with van der Waals surface area (Å²) in [6, 6.07) is 0. The SMILES string of the molecule is O=C1CC(Sc2n[c]n[nH]2)C(=O)NN1. The zero-order valence-electron chi connectivity index (χ0n) is 6.90. The summed E-state index contributed by atoms with van der Waals surface area (Å²) >= 11 is 1.15. The predicted octanol–water partition coefficient (Wildman–Crippen LogP) is -1.38. The van der Waals surface area contributed by atoms with Crippen LogP contribution in [0.3, 0.4) is 0 Å². The molecule has 0 aliphatic carbocycles. The number of aromatic nitrogens is 3. The average Bonchev–Trinajstić information content (AvgIpc) is 2.64. The molecule has 1 aliphatic heterocycles. The Morgan fingerprint density at radius 3 is 3.00 bits per heavy atom. The summed E-state index contributed by atoms with van der Waals surface area (Å²) in [7, 11) is 0. The van der Waals surface area contributed by atoms with Crippen molar-refractivity contribution in [1.29, 1.82) is 0 Å². The fourth-order valence-electron chi connectivity index (χ4n) is 0.975. The zero-order chi connectivity index (χ0) is 9.97. The van der Waals surface area contributed by atoms with Crippen LogP contribution in [0.5, 0.6) is 0 Å². The van der Waals surface area contributed by atoms with Crippen LogP contribution in [0.4, 0.5) is 0 Å². The normalized spacial score (nSPS) is 21.6. The number of nitrogens with one attached hydrogen (secondary N) is 3. The van der Waals surface area contributed by atoms with Gasteiger partial charge in [-0.25, -0.2) is 0 Å². The largest absolute Gasteiger partial charge is 0.273 e. The molecule has 2 amide bonds. The lowest BCUT2D eigenvalue weighted by Crippen LogP contribution is -2.52. The van der Waals surface area contributed by atoms with E-state index in [2.05, 4.69) is 32.4 Å². The van der Waals surface area contributed by atoms with Gasteiger partial charge in [-0.3, -0.25) is 25.5 Å². The van der Waals surface area contributed by atoms with Crippen LogP contribution in [-0.2, 0) is 9.59 Å². The van der Waals surface area contributed by atoms with E-state index in [1.165, 1.54) is 0 Å². The van der Waals surface area contributed by atoms with Crippen LogP contribution in [0.25, 0.3) is 0 Å². The molecule has 1 aliphatic rings. The van der Waals surface area contributed by atoms with Gasteiger partial charge in [0.2, 0.25) is 12.2 Å². The predicted molar refractivity (Wildman–Crippen MR) is 45.8 cm³/mol. The minimum atomic E-state index is -0.468. The molecule has 2 heterocycles. The maximum atomic E-state index is 11.2. The Hall–Kier alpha value is -1.57. The van der Waals surface area contributed by atoms with Crippen molar-refractivity contribution in [2.45, 2.75) is 16.8 Å². The van der Waals surface area contributed by atoms with Crippen molar-refractivity contribution in [3.63, 3.8) is 0 Å². The molecule has 1 radical (unpaired) electrons. The molecule has 1 aromatic rings. The first kappa shape index (κ1) is 9.00. The Labute approximate surface area is 83.0 Å². The third-order valence-corrected chi connectivity index (χ3v) is 2.67. The summed E-state index contributed by atoms with van der Waals surface area (Å²) in [6.45, 7) is 0. The second kappa shape index (κ2) is 3.66. The monoisotopic (exact) mass is 212 g/mol. The quantitative estimate of drug-likeness (QED) is 0.561. The molecule has 3 N–H and O–H groups in total. The molecule has 73 valence electrons. The summed E-state index contributed by atoms with van der Waals surface area (Å²) in [5.74, 6) is -0.461. The lowest BCUT2D eigenvalue weighted by atomic mass is 10.2. The third kappa shape index (κ3) is 1.84. The molecule has 1 fully saturated rings. The van der Waals surface area contributed by atoms with Gasteiger partial charge >= 0.3 is 0 Å².